The van der Waals surface area contributed by atoms with Gasteiger partial charge in [-0.1, -0.05) is 40.9 Å². The van der Waals surface area contributed by atoms with Gasteiger partial charge < -0.3 is 5.11 Å². The van der Waals surface area contributed by atoms with Crippen LogP contribution in [0.1, 0.15) is 15.9 Å². The van der Waals surface area contributed by atoms with Crippen LogP contribution in [0.15, 0.2) is 39.7 Å². The van der Waals surface area contributed by atoms with Crippen molar-refractivity contribution in [2.24, 2.45) is 0 Å². The highest BCUT2D eigenvalue weighted by molar-refractivity contribution is 9.10. The fourth-order valence-electron chi connectivity index (χ4n) is 1.79. The largest absolute Gasteiger partial charge is 0.478 e. The maximum absolute atomic E-state index is 12.4. The number of benzene rings is 2. The summed E-state index contributed by atoms with van der Waals surface area (Å²) >= 11 is 20.6. The van der Waals surface area contributed by atoms with Gasteiger partial charge in [-0.15, -0.1) is 0 Å². The summed E-state index contributed by atoms with van der Waals surface area (Å²) in [5.74, 6) is -1.33. The number of carbonyl (C=O) groups is 1. The molecule has 0 unspecified atom stereocenters. The summed E-state index contributed by atoms with van der Waals surface area (Å²) in [6.45, 7) is -0.0398. The van der Waals surface area contributed by atoms with Crippen LogP contribution < -0.4 is 4.72 Å². The van der Waals surface area contributed by atoms with Crippen molar-refractivity contribution < 1.29 is 18.3 Å². The van der Waals surface area contributed by atoms with Gasteiger partial charge in [0.2, 0.25) is 10.0 Å². The average molecular weight is 474 g/mol. The summed E-state index contributed by atoms with van der Waals surface area (Å²) in [6.07, 6.45) is 0. The van der Waals surface area contributed by atoms with Crippen LogP contribution in [-0.2, 0) is 16.6 Å². The van der Waals surface area contributed by atoms with Crippen molar-refractivity contribution in [1.29, 1.82) is 0 Å². The van der Waals surface area contributed by atoms with Gasteiger partial charge in [-0.25, -0.2) is 17.9 Å². The molecule has 0 aliphatic rings. The van der Waals surface area contributed by atoms with Crippen LogP contribution in [0.4, 0.5) is 0 Å². The first-order valence-electron chi connectivity index (χ1n) is 6.28. The Morgan fingerprint density at radius 3 is 2.38 bits per heavy atom. The van der Waals surface area contributed by atoms with Crippen molar-refractivity contribution >= 4 is 66.7 Å². The van der Waals surface area contributed by atoms with E-state index in [1.54, 1.807) is 12.1 Å². The maximum Gasteiger partial charge on any atom is 0.337 e. The molecular formula is C14H9BrCl3NO4S. The lowest BCUT2D eigenvalue weighted by Gasteiger charge is -2.10. The number of carboxylic acids is 1. The van der Waals surface area contributed by atoms with Crippen LogP contribution in [-0.4, -0.2) is 19.5 Å². The second-order valence-electron chi connectivity index (χ2n) is 4.64. The average Bonchev–Trinajstić information content (AvgIpc) is 2.50. The van der Waals surface area contributed by atoms with Gasteiger partial charge in [0, 0.05) is 11.0 Å². The Morgan fingerprint density at radius 1 is 1.12 bits per heavy atom. The fourth-order valence-corrected chi connectivity index (χ4v) is 3.98. The van der Waals surface area contributed by atoms with E-state index < -0.39 is 16.0 Å². The van der Waals surface area contributed by atoms with E-state index in [0.29, 0.717) is 15.6 Å². The quantitative estimate of drug-likeness (QED) is 0.666. The molecule has 2 aromatic carbocycles. The molecule has 2 N–H and O–H groups in total. The van der Waals surface area contributed by atoms with E-state index in [2.05, 4.69) is 20.7 Å². The molecule has 0 saturated heterocycles. The van der Waals surface area contributed by atoms with Crippen LogP contribution in [0, 0.1) is 0 Å². The third kappa shape index (κ3) is 4.41. The summed E-state index contributed by atoms with van der Waals surface area (Å²) in [5, 5.41) is 9.68. The monoisotopic (exact) mass is 471 g/mol. The molecule has 5 nitrogen and oxygen atoms in total. The van der Waals surface area contributed by atoms with E-state index in [0.717, 1.165) is 6.07 Å². The van der Waals surface area contributed by atoms with Crippen molar-refractivity contribution in [2.45, 2.75) is 11.4 Å². The van der Waals surface area contributed by atoms with Crippen molar-refractivity contribution in [3.05, 3.63) is 61.0 Å². The highest BCUT2D eigenvalue weighted by Gasteiger charge is 2.21. The topological polar surface area (TPSA) is 83.5 Å². The Balaban J connectivity index is 2.30. The number of carboxylic acid groups (broad SMARTS) is 1. The second-order valence-corrected chi connectivity index (χ2v) is 8.46. The standard InChI is InChI=1S/C14H9BrCl3NO4S/c15-10-5-8(4-9(13(10)18)14(20)21)24(22,23)19-6-7-1-2-11(16)12(17)3-7/h1-5,19H,6H2,(H,20,21). The number of aromatic carboxylic acids is 1. The highest BCUT2D eigenvalue weighted by atomic mass is 79.9. The van der Waals surface area contributed by atoms with E-state index in [4.69, 9.17) is 39.9 Å². The number of hydrogen-bond donors (Lipinski definition) is 2. The lowest BCUT2D eigenvalue weighted by atomic mass is 10.2. The van der Waals surface area contributed by atoms with E-state index >= 15 is 0 Å². The maximum atomic E-state index is 12.4. The van der Waals surface area contributed by atoms with Gasteiger partial charge in [0.05, 0.1) is 25.5 Å². The summed E-state index contributed by atoms with van der Waals surface area (Å²) in [6, 6.07) is 6.93. The molecule has 0 aromatic heterocycles. The molecule has 0 aliphatic heterocycles. The molecule has 0 aliphatic carbocycles. The van der Waals surface area contributed by atoms with Gasteiger partial charge in [0.1, 0.15) is 0 Å². The van der Waals surface area contributed by atoms with Gasteiger partial charge in [-0.05, 0) is 45.8 Å². The van der Waals surface area contributed by atoms with Crippen molar-refractivity contribution in [1.82, 2.24) is 4.72 Å². The number of nitrogens with one attached hydrogen (secondary N) is 1. The molecule has 0 saturated carbocycles. The third-order valence-corrected chi connectivity index (χ3v) is 6.37. The third-order valence-electron chi connectivity index (χ3n) is 2.99. The SMILES string of the molecule is O=C(O)c1cc(S(=O)(=O)NCc2ccc(Cl)c(Cl)c2)cc(Br)c1Cl. The summed E-state index contributed by atoms with van der Waals surface area (Å²) in [7, 11) is -3.95. The van der Waals surface area contributed by atoms with E-state index in [9.17, 15) is 13.2 Å². The minimum Gasteiger partial charge on any atom is -0.478 e. The summed E-state index contributed by atoms with van der Waals surface area (Å²) in [4.78, 5) is 10.9. The van der Waals surface area contributed by atoms with E-state index in [-0.39, 0.29) is 26.5 Å². The molecule has 2 aromatic rings. The molecule has 2 rings (SSSR count). The van der Waals surface area contributed by atoms with Crippen molar-refractivity contribution in [3.63, 3.8) is 0 Å². The molecule has 0 heterocycles. The first-order valence-corrected chi connectivity index (χ1v) is 9.69. The molecule has 0 bridgehead atoms. The van der Waals surface area contributed by atoms with Crippen LogP contribution in [0.3, 0.4) is 0 Å². The van der Waals surface area contributed by atoms with Gasteiger partial charge in [0.25, 0.3) is 0 Å². The zero-order chi connectivity index (χ0) is 18.1. The predicted octanol–water partition coefficient (Wildman–Crippen LogP) is 4.59. The molecule has 24 heavy (non-hydrogen) atoms. The van der Waals surface area contributed by atoms with Gasteiger partial charge >= 0.3 is 5.97 Å². The lowest BCUT2D eigenvalue weighted by molar-refractivity contribution is 0.0696. The van der Waals surface area contributed by atoms with Gasteiger partial charge in [-0.3, -0.25) is 0 Å². The highest BCUT2D eigenvalue weighted by Crippen LogP contribution is 2.30. The molecule has 0 radical (unpaired) electrons. The Morgan fingerprint density at radius 2 is 1.79 bits per heavy atom. The summed E-state index contributed by atoms with van der Waals surface area (Å²) in [5.41, 5.74) is 0.278. The Hall–Kier alpha value is -0.830. The Kier molecular flexibility index (Phi) is 6.17. The van der Waals surface area contributed by atoms with Crippen LogP contribution >= 0.6 is 50.7 Å². The molecule has 0 atom stereocenters. The van der Waals surface area contributed by atoms with Gasteiger partial charge in [-0.2, -0.15) is 0 Å². The van der Waals surface area contributed by atoms with E-state index in [1.165, 1.54) is 12.1 Å². The molecule has 0 fully saturated rings. The van der Waals surface area contributed by atoms with Crippen molar-refractivity contribution in [2.75, 3.05) is 0 Å². The number of sulfonamides is 1. The molecule has 0 spiro atoms. The zero-order valence-electron chi connectivity index (χ0n) is 11.7. The van der Waals surface area contributed by atoms with Gasteiger partial charge in [0.15, 0.2) is 0 Å². The normalized spacial score (nSPS) is 11.5. The number of rotatable bonds is 5. The molecule has 128 valence electrons. The number of hydrogen-bond acceptors (Lipinski definition) is 3. The molecule has 10 heteroatoms. The zero-order valence-corrected chi connectivity index (χ0v) is 16.4. The molecular weight excluding hydrogens is 464 g/mol. The Labute approximate surface area is 161 Å². The predicted molar refractivity (Wildman–Crippen MR) is 96.6 cm³/mol. The smallest absolute Gasteiger partial charge is 0.337 e. The molecule has 0 amide bonds. The summed E-state index contributed by atoms with van der Waals surface area (Å²) < 4.78 is 27.3. The first-order chi connectivity index (χ1) is 11.1. The van der Waals surface area contributed by atoms with Crippen LogP contribution in [0.25, 0.3) is 0 Å². The van der Waals surface area contributed by atoms with E-state index in [1.807, 2.05) is 0 Å². The first kappa shape index (κ1) is 19.5. The Bertz CT molecular complexity index is 918. The van der Waals surface area contributed by atoms with Crippen LogP contribution in [0.2, 0.25) is 15.1 Å². The van der Waals surface area contributed by atoms with Crippen LogP contribution in [0.5, 0.6) is 0 Å². The minimum atomic E-state index is -3.95. The fraction of sp³-hybridized carbons (Fsp3) is 0.0714. The van der Waals surface area contributed by atoms with Crippen molar-refractivity contribution in [3.8, 4) is 0 Å². The minimum absolute atomic E-state index is 0.0398. The lowest BCUT2D eigenvalue weighted by Crippen LogP contribution is -2.23. The second kappa shape index (κ2) is 7.59. The number of halogens is 4.